The topological polar surface area (TPSA) is 68.8 Å². The number of aryl methyl sites for hydroxylation is 2. The summed E-state index contributed by atoms with van der Waals surface area (Å²) in [5, 5.41) is 2.93. The van der Waals surface area contributed by atoms with E-state index in [9.17, 15) is 9.59 Å². The second-order valence-corrected chi connectivity index (χ2v) is 8.88. The standard InChI is InChI=1S/C23H27N5O2/c1-4-26-12-23(13-26)7-9-27(14-23)22(30)28-19-11-16(3)15(2)10-17(19)21(29)25-18-6-5-8-24-20(18)28/h5-6,8,10-11H,4,7,9,12-14H2,1-3H3,(H,25,29). The Kier molecular flexibility index (Phi) is 4.32. The van der Waals surface area contributed by atoms with Gasteiger partial charge in [-0.3, -0.25) is 4.79 Å². The van der Waals surface area contributed by atoms with Crippen molar-refractivity contribution < 1.29 is 9.59 Å². The van der Waals surface area contributed by atoms with E-state index in [-0.39, 0.29) is 17.4 Å². The smallest absolute Gasteiger partial charge is 0.323 e. The van der Waals surface area contributed by atoms with E-state index in [0.717, 1.165) is 50.3 Å². The van der Waals surface area contributed by atoms with Crippen LogP contribution in [-0.4, -0.2) is 59.4 Å². The van der Waals surface area contributed by atoms with Crippen molar-refractivity contribution in [2.45, 2.75) is 27.2 Å². The average molecular weight is 406 g/mol. The minimum absolute atomic E-state index is 0.109. The predicted molar refractivity (Wildman–Crippen MR) is 116 cm³/mol. The molecule has 2 saturated heterocycles. The Morgan fingerprint density at radius 3 is 2.73 bits per heavy atom. The van der Waals surface area contributed by atoms with Gasteiger partial charge in [-0.1, -0.05) is 6.92 Å². The van der Waals surface area contributed by atoms with E-state index >= 15 is 0 Å². The van der Waals surface area contributed by atoms with Gasteiger partial charge in [-0.25, -0.2) is 14.7 Å². The Balaban J connectivity index is 1.56. The van der Waals surface area contributed by atoms with Crippen LogP contribution in [0.15, 0.2) is 30.5 Å². The van der Waals surface area contributed by atoms with E-state index < -0.39 is 0 Å². The number of amides is 3. The molecule has 7 nitrogen and oxygen atoms in total. The van der Waals surface area contributed by atoms with Gasteiger partial charge in [0, 0.05) is 37.8 Å². The van der Waals surface area contributed by atoms with Crippen molar-refractivity contribution >= 4 is 29.1 Å². The molecule has 0 saturated carbocycles. The second-order valence-electron chi connectivity index (χ2n) is 8.88. The van der Waals surface area contributed by atoms with Crippen LogP contribution in [0, 0.1) is 19.3 Å². The summed E-state index contributed by atoms with van der Waals surface area (Å²) in [5.74, 6) is 0.260. The number of fused-ring (bicyclic) bond motifs is 2. The molecule has 0 unspecified atom stereocenters. The van der Waals surface area contributed by atoms with Crippen LogP contribution in [-0.2, 0) is 0 Å². The lowest BCUT2D eigenvalue weighted by Gasteiger charge is -2.47. The highest BCUT2D eigenvalue weighted by Gasteiger charge is 2.49. The van der Waals surface area contributed by atoms with Gasteiger partial charge in [0.25, 0.3) is 5.91 Å². The summed E-state index contributed by atoms with van der Waals surface area (Å²) in [6.07, 6.45) is 2.68. The van der Waals surface area contributed by atoms with Crippen LogP contribution in [0.3, 0.4) is 0 Å². The maximum atomic E-state index is 13.8. The zero-order valence-electron chi connectivity index (χ0n) is 17.7. The van der Waals surface area contributed by atoms with E-state index in [1.165, 1.54) is 0 Å². The zero-order valence-corrected chi connectivity index (χ0v) is 17.7. The largest absolute Gasteiger partial charge is 0.330 e. The van der Waals surface area contributed by atoms with Crippen LogP contribution in [0.5, 0.6) is 0 Å². The molecule has 156 valence electrons. The maximum absolute atomic E-state index is 13.8. The molecule has 7 heteroatoms. The van der Waals surface area contributed by atoms with Crippen molar-refractivity contribution in [3.63, 3.8) is 0 Å². The molecule has 3 aliphatic heterocycles. The quantitative estimate of drug-likeness (QED) is 0.788. The van der Waals surface area contributed by atoms with Crippen molar-refractivity contribution in [3.8, 4) is 0 Å². The summed E-state index contributed by atoms with van der Waals surface area (Å²) >= 11 is 0. The third-order valence-electron chi connectivity index (χ3n) is 6.81. The van der Waals surface area contributed by atoms with Gasteiger partial charge in [-0.05, 0) is 62.2 Å². The van der Waals surface area contributed by atoms with Gasteiger partial charge in [-0.15, -0.1) is 0 Å². The summed E-state index contributed by atoms with van der Waals surface area (Å²) in [5.41, 5.74) is 3.92. The fourth-order valence-corrected chi connectivity index (χ4v) is 4.96. The molecule has 0 radical (unpaired) electrons. The first kappa shape index (κ1) is 19.1. The number of hydrogen-bond donors (Lipinski definition) is 1. The van der Waals surface area contributed by atoms with Crippen molar-refractivity contribution in [1.82, 2.24) is 14.8 Å². The predicted octanol–water partition coefficient (Wildman–Crippen LogP) is 3.55. The normalized spacial score (nSPS) is 19.8. The molecule has 3 amide bonds. The summed E-state index contributed by atoms with van der Waals surface area (Å²) in [4.78, 5) is 37.2. The van der Waals surface area contributed by atoms with Crippen LogP contribution in [0.1, 0.15) is 34.8 Å². The van der Waals surface area contributed by atoms with Crippen LogP contribution in [0.2, 0.25) is 0 Å². The first-order valence-corrected chi connectivity index (χ1v) is 10.6. The van der Waals surface area contributed by atoms with Gasteiger partial charge < -0.3 is 15.1 Å². The van der Waals surface area contributed by atoms with Gasteiger partial charge in [0.05, 0.1) is 16.9 Å². The van der Waals surface area contributed by atoms with E-state index in [4.69, 9.17) is 0 Å². The molecule has 0 aliphatic carbocycles. The summed E-state index contributed by atoms with van der Waals surface area (Å²) < 4.78 is 0. The molecule has 2 fully saturated rings. The third kappa shape index (κ3) is 2.88. The first-order valence-electron chi connectivity index (χ1n) is 10.6. The molecule has 2 aromatic rings. The summed E-state index contributed by atoms with van der Waals surface area (Å²) in [6, 6.07) is 7.25. The average Bonchev–Trinajstić information content (AvgIpc) is 3.11. The number of anilines is 3. The van der Waals surface area contributed by atoms with Gasteiger partial charge in [-0.2, -0.15) is 0 Å². The number of urea groups is 1. The SMILES string of the molecule is CCN1CC2(CCN(C(=O)N3c4cc(C)c(C)cc4C(=O)Nc4cccnc43)C2)C1. The second kappa shape index (κ2) is 6.80. The highest BCUT2D eigenvalue weighted by molar-refractivity contribution is 6.17. The molecule has 1 spiro atoms. The fraction of sp³-hybridized carbons (Fsp3) is 0.435. The van der Waals surface area contributed by atoms with Crippen LogP contribution in [0.4, 0.5) is 22.0 Å². The van der Waals surface area contributed by atoms with Crippen molar-refractivity contribution in [2.24, 2.45) is 5.41 Å². The first-order chi connectivity index (χ1) is 14.4. The number of pyridine rings is 1. The van der Waals surface area contributed by atoms with E-state index in [0.29, 0.717) is 22.8 Å². The number of benzene rings is 1. The van der Waals surface area contributed by atoms with E-state index in [2.05, 4.69) is 22.1 Å². The number of nitrogens with zero attached hydrogens (tertiary/aromatic N) is 4. The maximum Gasteiger partial charge on any atom is 0.330 e. The number of rotatable bonds is 1. The Morgan fingerprint density at radius 1 is 1.20 bits per heavy atom. The number of likely N-dealkylation sites (tertiary alicyclic amines) is 2. The molecule has 1 aromatic heterocycles. The zero-order chi connectivity index (χ0) is 21.0. The molecular weight excluding hydrogens is 378 g/mol. The molecule has 0 bridgehead atoms. The highest BCUT2D eigenvalue weighted by Crippen LogP contribution is 2.42. The molecule has 1 aromatic carbocycles. The fourth-order valence-electron chi connectivity index (χ4n) is 4.96. The Morgan fingerprint density at radius 2 is 1.97 bits per heavy atom. The molecule has 5 rings (SSSR count). The number of carbonyl (C=O) groups excluding carboxylic acids is 2. The number of aromatic nitrogens is 1. The Hall–Kier alpha value is -2.93. The molecule has 0 atom stereocenters. The van der Waals surface area contributed by atoms with Gasteiger partial charge in [0.15, 0.2) is 5.82 Å². The number of carbonyl (C=O) groups is 2. The molecule has 4 heterocycles. The van der Waals surface area contributed by atoms with Crippen LogP contribution >= 0.6 is 0 Å². The Bertz CT molecular complexity index is 1040. The van der Waals surface area contributed by atoms with Gasteiger partial charge >= 0.3 is 6.03 Å². The highest BCUT2D eigenvalue weighted by atomic mass is 16.2. The lowest BCUT2D eigenvalue weighted by molar-refractivity contribution is 0.0158. The molecular formula is C23H27N5O2. The number of nitrogens with one attached hydrogen (secondary N) is 1. The third-order valence-corrected chi connectivity index (χ3v) is 6.81. The van der Waals surface area contributed by atoms with Crippen LogP contribution < -0.4 is 10.2 Å². The van der Waals surface area contributed by atoms with Crippen molar-refractivity contribution in [1.29, 1.82) is 0 Å². The lowest BCUT2D eigenvalue weighted by atomic mass is 9.79. The minimum atomic E-state index is -0.215. The van der Waals surface area contributed by atoms with Crippen molar-refractivity contribution in [3.05, 3.63) is 47.2 Å². The molecule has 30 heavy (non-hydrogen) atoms. The van der Waals surface area contributed by atoms with Gasteiger partial charge in [0.1, 0.15) is 0 Å². The monoisotopic (exact) mass is 405 g/mol. The lowest BCUT2D eigenvalue weighted by Crippen LogP contribution is -2.57. The van der Waals surface area contributed by atoms with E-state index in [1.54, 1.807) is 23.2 Å². The van der Waals surface area contributed by atoms with Gasteiger partial charge in [0.2, 0.25) is 0 Å². The summed E-state index contributed by atoms with van der Waals surface area (Å²) in [6.45, 7) is 10.8. The van der Waals surface area contributed by atoms with Crippen molar-refractivity contribution in [2.75, 3.05) is 42.9 Å². The number of hydrogen-bond acceptors (Lipinski definition) is 4. The summed E-state index contributed by atoms with van der Waals surface area (Å²) in [7, 11) is 0. The Labute approximate surface area is 176 Å². The minimum Gasteiger partial charge on any atom is -0.323 e. The van der Waals surface area contributed by atoms with E-state index in [1.807, 2.05) is 30.9 Å². The molecule has 1 N–H and O–H groups in total. The van der Waals surface area contributed by atoms with Crippen LogP contribution in [0.25, 0.3) is 0 Å². The molecule has 3 aliphatic rings.